The third-order valence-corrected chi connectivity index (χ3v) is 7.35. The van der Waals surface area contributed by atoms with Gasteiger partial charge in [0.05, 0.1) is 6.61 Å². The van der Waals surface area contributed by atoms with Crippen molar-refractivity contribution in [3.63, 3.8) is 0 Å². The fourth-order valence-electron chi connectivity index (χ4n) is 5.17. The Morgan fingerprint density at radius 3 is 2.15 bits per heavy atom. The minimum atomic E-state index is 0.712. The summed E-state index contributed by atoms with van der Waals surface area (Å²) in [5, 5.41) is 0. The normalized spacial score (nSPS) is 18.4. The topological polar surface area (TPSA) is 35.0 Å². The molecule has 0 N–H and O–H groups in total. The maximum absolute atomic E-state index is 6.23. The van der Waals surface area contributed by atoms with Gasteiger partial charge in [-0.3, -0.25) is 0 Å². The molecule has 1 fully saturated rings. The van der Waals surface area contributed by atoms with E-state index in [0.29, 0.717) is 5.92 Å². The van der Waals surface area contributed by atoms with E-state index >= 15 is 0 Å². The van der Waals surface area contributed by atoms with E-state index in [-0.39, 0.29) is 0 Å². The van der Waals surface area contributed by atoms with Crippen LogP contribution in [0.3, 0.4) is 0 Å². The number of hydrogen-bond donors (Lipinski definition) is 0. The summed E-state index contributed by atoms with van der Waals surface area (Å²) in [4.78, 5) is 9.30. The lowest BCUT2D eigenvalue weighted by molar-refractivity contribution is 0.178. The second-order valence-corrected chi connectivity index (χ2v) is 10.3. The van der Waals surface area contributed by atoms with Crippen LogP contribution in [0, 0.1) is 18.8 Å². The molecule has 0 aliphatic heterocycles. The van der Waals surface area contributed by atoms with Crippen LogP contribution in [0.2, 0.25) is 0 Å². The molecule has 2 aromatic rings. The molecule has 3 nitrogen and oxygen atoms in total. The van der Waals surface area contributed by atoms with Crippen LogP contribution >= 0.6 is 0 Å². The molecule has 1 saturated carbocycles. The molecule has 0 unspecified atom stereocenters. The van der Waals surface area contributed by atoms with E-state index in [1.54, 1.807) is 0 Å². The molecular weight excluding hydrogens is 404 g/mol. The third kappa shape index (κ3) is 8.76. The number of unbranched alkanes of at least 4 members (excludes halogenated alkanes) is 6. The smallest absolute Gasteiger partial charge is 0.159 e. The Kier molecular flexibility index (Phi) is 11.2. The van der Waals surface area contributed by atoms with E-state index in [1.807, 2.05) is 12.4 Å². The van der Waals surface area contributed by atoms with Gasteiger partial charge in [0.1, 0.15) is 5.75 Å². The van der Waals surface area contributed by atoms with Crippen molar-refractivity contribution in [1.82, 2.24) is 9.97 Å². The van der Waals surface area contributed by atoms with Gasteiger partial charge in [-0.1, -0.05) is 78.1 Å². The Morgan fingerprint density at radius 2 is 1.48 bits per heavy atom. The summed E-state index contributed by atoms with van der Waals surface area (Å²) >= 11 is 0. The van der Waals surface area contributed by atoms with Crippen molar-refractivity contribution in [2.24, 2.45) is 11.8 Å². The van der Waals surface area contributed by atoms with Crippen molar-refractivity contribution >= 4 is 0 Å². The predicted molar refractivity (Wildman–Crippen MR) is 140 cm³/mol. The molecule has 0 bridgehead atoms. The highest BCUT2D eigenvalue weighted by molar-refractivity contribution is 5.58. The number of aryl methyl sites for hydroxylation is 2. The van der Waals surface area contributed by atoms with Crippen LogP contribution in [0.25, 0.3) is 11.4 Å². The van der Waals surface area contributed by atoms with E-state index < -0.39 is 0 Å². The summed E-state index contributed by atoms with van der Waals surface area (Å²) in [6.07, 6.45) is 22.6. The van der Waals surface area contributed by atoms with Gasteiger partial charge in [0.25, 0.3) is 0 Å². The molecule has 0 amide bonds. The van der Waals surface area contributed by atoms with E-state index in [4.69, 9.17) is 4.74 Å². The largest absolute Gasteiger partial charge is 0.493 e. The molecule has 3 heteroatoms. The Balaban J connectivity index is 1.42. The highest BCUT2D eigenvalue weighted by Gasteiger charge is 2.21. The molecule has 0 radical (unpaired) electrons. The Labute approximate surface area is 202 Å². The van der Waals surface area contributed by atoms with Crippen LogP contribution in [0.4, 0.5) is 0 Å². The molecular formula is C30H46N2O. The van der Waals surface area contributed by atoms with E-state index in [1.165, 1.54) is 94.6 Å². The molecule has 0 atom stereocenters. The van der Waals surface area contributed by atoms with Crippen molar-refractivity contribution in [2.75, 3.05) is 6.61 Å². The highest BCUT2D eigenvalue weighted by atomic mass is 16.5. The van der Waals surface area contributed by atoms with Gasteiger partial charge in [-0.15, -0.1) is 0 Å². The number of aromatic nitrogens is 2. The standard InChI is InChI=1S/C30H46N2O/c1-4-6-7-8-9-10-11-13-27-21-31-30(32-22-27)28-18-19-29(24(3)20-28)33-23-26-16-14-25(12-5-2)15-17-26/h18-22,25-26H,4-17,23H2,1-3H3/t25-,26-. The molecule has 1 aromatic heterocycles. The van der Waals surface area contributed by atoms with Gasteiger partial charge in [-0.25, -0.2) is 9.97 Å². The SMILES string of the molecule is CCCCCCCCCc1cnc(-c2ccc(OC[C@H]3CC[C@H](CCC)CC3)c(C)c2)nc1. The Bertz CT molecular complexity index is 793. The lowest BCUT2D eigenvalue weighted by Crippen LogP contribution is -2.20. The van der Waals surface area contributed by atoms with Crippen molar-refractivity contribution in [3.05, 3.63) is 41.7 Å². The fourth-order valence-corrected chi connectivity index (χ4v) is 5.17. The maximum Gasteiger partial charge on any atom is 0.159 e. The number of benzene rings is 1. The Morgan fingerprint density at radius 1 is 0.818 bits per heavy atom. The minimum absolute atomic E-state index is 0.712. The molecule has 33 heavy (non-hydrogen) atoms. The molecule has 182 valence electrons. The molecule has 1 aliphatic carbocycles. The summed E-state index contributed by atoms with van der Waals surface area (Å²) in [7, 11) is 0. The summed E-state index contributed by atoms with van der Waals surface area (Å²) in [6.45, 7) is 7.56. The summed E-state index contributed by atoms with van der Waals surface area (Å²) in [5.74, 6) is 3.48. The third-order valence-electron chi connectivity index (χ3n) is 7.35. The first kappa shape index (κ1) is 25.7. The van der Waals surface area contributed by atoms with E-state index in [2.05, 4.69) is 48.9 Å². The zero-order valence-corrected chi connectivity index (χ0v) is 21.5. The monoisotopic (exact) mass is 450 g/mol. The average Bonchev–Trinajstić information content (AvgIpc) is 2.84. The average molecular weight is 451 g/mol. The van der Waals surface area contributed by atoms with Crippen LogP contribution in [0.5, 0.6) is 5.75 Å². The molecule has 1 heterocycles. The first-order chi connectivity index (χ1) is 16.2. The molecule has 1 aliphatic rings. The van der Waals surface area contributed by atoms with Gasteiger partial charge in [0.2, 0.25) is 0 Å². The van der Waals surface area contributed by atoms with Gasteiger partial charge >= 0.3 is 0 Å². The summed E-state index contributed by atoms with van der Waals surface area (Å²) < 4.78 is 6.23. The van der Waals surface area contributed by atoms with Gasteiger partial charge in [0, 0.05) is 18.0 Å². The quantitative estimate of drug-likeness (QED) is 0.270. The highest BCUT2D eigenvalue weighted by Crippen LogP contribution is 2.32. The minimum Gasteiger partial charge on any atom is -0.493 e. The van der Waals surface area contributed by atoms with E-state index in [9.17, 15) is 0 Å². The number of nitrogens with zero attached hydrogens (tertiary/aromatic N) is 2. The predicted octanol–water partition coefficient (Wildman–Crippen LogP) is 8.73. The van der Waals surface area contributed by atoms with Crippen molar-refractivity contribution in [3.8, 4) is 17.1 Å². The second kappa shape index (κ2) is 14.4. The van der Waals surface area contributed by atoms with Gasteiger partial charge in [-0.2, -0.15) is 0 Å². The zero-order valence-electron chi connectivity index (χ0n) is 21.5. The maximum atomic E-state index is 6.23. The first-order valence-corrected chi connectivity index (χ1v) is 13.7. The number of ether oxygens (including phenoxy) is 1. The van der Waals surface area contributed by atoms with Crippen molar-refractivity contribution in [1.29, 1.82) is 0 Å². The first-order valence-electron chi connectivity index (χ1n) is 13.7. The number of rotatable bonds is 14. The van der Waals surface area contributed by atoms with Crippen LogP contribution in [0.15, 0.2) is 30.6 Å². The number of hydrogen-bond acceptors (Lipinski definition) is 3. The van der Waals surface area contributed by atoms with Crippen molar-refractivity contribution < 1.29 is 4.74 Å². The summed E-state index contributed by atoms with van der Waals surface area (Å²) in [6, 6.07) is 6.37. The lowest BCUT2D eigenvalue weighted by atomic mass is 9.80. The van der Waals surface area contributed by atoms with Crippen LogP contribution in [-0.4, -0.2) is 16.6 Å². The lowest BCUT2D eigenvalue weighted by Gasteiger charge is -2.28. The van der Waals surface area contributed by atoms with E-state index in [0.717, 1.165) is 36.1 Å². The van der Waals surface area contributed by atoms with Gasteiger partial charge < -0.3 is 4.74 Å². The fraction of sp³-hybridized carbons (Fsp3) is 0.667. The van der Waals surface area contributed by atoms with Crippen LogP contribution < -0.4 is 4.74 Å². The molecule has 0 saturated heterocycles. The zero-order chi connectivity index (χ0) is 23.3. The van der Waals surface area contributed by atoms with Crippen molar-refractivity contribution in [2.45, 2.75) is 111 Å². The van der Waals surface area contributed by atoms with Crippen LogP contribution in [0.1, 0.15) is 108 Å². The Hall–Kier alpha value is -1.90. The molecule has 3 rings (SSSR count). The second-order valence-electron chi connectivity index (χ2n) is 10.3. The van der Waals surface area contributed by atoms with Gasteiger partial charge in [0.15, 0.2) is 5.82 Å². The summed E-state index contributed by atoms with van der Waals surface area (Å²) in [5.41, 5.74) is 3.49. The van der Waals surface area contributed by atoms with Crippen LogP contribution in [-0.2, 0) is 6.42 Å². The molecule has 0 spiro atoms. The van der Waals surface area contributed by atoms with Gasteiger partial charge in [-0.05, 0) is 73.8 Å². The molecule has 1 aromatic carbocycles.